The van der Waals surface area contributed by atoms with E-state index in [2.05, 4.69) is 19.9 Å². The lowest BCUT2D eigenvalue weighted by Crippen LogP contribution is -2.60. The molecule has 1 N–H and O–H groups in total. The summed E-state index contributed by atoms with van der Waals surface area (Å²) in [6.45, 7) is 6.74. The monoisotopic (exact) mass is 423 g/mol. The smallest absolute Gasteiger partial charge is 0.255 e. The van der Waals surface area contributed by atoms with Crippen LogP contribution in [0.5, 0.6) is 0 Å². The van der Waals surface area contributed by atoms with Crippen LogP contribution in [-0.2, 0) is 16.1 Å². The fourth-order valence-corrected chi connectivity index (χ4v) is 4.72. The first-order valence-corrected chi connectivity index (χ1v) is 10.7. The van der Waals surface area contributed by atoms with Crippen molar-refractivity contribution in [3.8, 4) is 0 Å². The molecule has 2 saturated heterocycles. The summed E-state index contributed by atoms with van der Waals surface area (Å²) >= 11 is 0. The van der Waals surface area contributed by atoms with Gasteiger partial charge in [0.05, 0.1) is 6.61 Å². The maximum absolute atomic E-state index is 13.7. The summed E-state index contributed by atoms with van der Waals surface area (Å²) in [4.78, 5) is 29.7. The summed E-state index contributed by atoms with van der Waals surface area (Å²) < 4.78 is 19.8. The van der Waals surface area contributed by atoms with Gasteiger partial charge in [-0.3, -0.25) is 4.79 Å². The first kappa shape index (κ1) is 19.9. The van der Waals surface area contributed by atoms with E-state index in [-0.39, 0.29) is 11.7 Å². The van der Waals surface area contributed by atoms with E-state index in [1.54, 1.807) is 6.07 Å². The molecule has 162 valence electrons. The number of piperidine rings is 1. The molecule has 0 unspecified atom stereocenters. The van der Waals surface area contributed by atoms with Crippen LogP contribution in [0.3, 0.4) is 0 Å². The second-order valence-corrected chi connectivity index (χ2v) is 8.51. The summed E-state index contributed by atoms with van der Waals surface area (Å²) in [6, 6.07) is 6.63. The average molecular weight is 423 g/mol. The fourth-order valence-electron chi connectivity index (χ4n) is 4.72. The second kappa shape index (κ2) is 7.60. The Morgan fingerprint density at radius 2 is 1.87 bits per heavy atom. The quantitative estimate of drug-likeness (QED) is 0.701. The molecule has 0 atom stereocenters. The maximum atomic E-state index is 13.7. The molecule has 0 aliphatic carbocycles. The Bertz CT molecular complexity index is 1120. The number of carbonyl (C=O) groups is 1. The lowest BCUT2D eigenvalue weighted by atomic mass is 9.88. The first-order valence-electron chi connectivity index (χ1n) is 10.7. The Morgan fingerprint density at radius 1 is 1.13 bits per heavy atom. The lowest BCUT2D eigenvalue weighted by molar-refractivity contribution is -0.176. The van der Waals surface area contributed by atoms with Crippen molar-refractivity contribution in [1.82, 2.24) is 19.9 Å². The highest BCUT2D eigenvalue weighted by molar-refractivity contribution is 5.88. The van der Waals surface area contributed by atoms with Crippen LogP contribution in [-0.4, -0.2) is 57.6 Å². The van der Waals surface area contributed by atoms with E-state index in [4.69, 9.17) is 4.74 Å². The summed E-state index contributed by atoms with van der Waals surface area (Å²) in [5.41, 5.74) is 2.86. The number of morpholine rings is 1. The molecule has 7 nitrogen and oxygen atoms in total. The number of rotatable bonds is 3. The Morgan fingerprint density at radius 3 is 2.61 bits per heavy atom. The van der Waals surface area contributed by atoms with Gasteiger partial charge in [0.1, 0.15) is 11.4 Å². The standard InChI is InChI=1S/C23H26FN5O2/c1-15-11-16(2)27-22(26-15)28-7-5-23(6-8-28)21(30)29(9-10-31-23)14-17-13-25-20-4-3-18(24)12-19(17)20/h3-4,11-13,25H,5-10,14H2,1-2H3. The predicted octanol–water partition coefficient (Wildman–Crippen LogP) is 3.11. The van der Waals surface area contributed by atoms with Gasteiger partial charge in [0.2, 0.25) is 5.95 Å². The normalized spacial score (nSPS) is 18.9. The molecule has 4 heterocycles. The van der Waals surface area contributed by atoms with Crippen LogP contribution in [0.2, 0.25) is 0 Å². The zero-order chi connectivity index (χ0) is 21.6. The van der Waals surface area contributed by atoms with Gasteiger partial charge in [-0.25, -0.2) is 14.4 Å². The maximum Gasteiger partial charge on any atom is 0.255 e. The van der Waals surface area contributed by atoms with Crippen molar-refractivity contribution >= 4 is 22.8 Å². The van der Waals surface area contributed by atoms with Crippen LogP contribution in [0.4, 0.5) is 10.3 Å². The fraction of sp³-hybridized carbons (Fsp3) is 0.435. The van der Waals surface area contributed by atoms with Crippen LogP contribution >= 0.6 is 0 Å². The number of nitrogens with one attached hydrogen (secondary N) is 1. The highest BCUT2D eigenvalue weighted by Crippen LogP contribution is 2.33. The molecule has 3 aromatic rings. The van der Waals surface area contributed by atoms with E-state index < -0.39 is 5.60 Å². The Balaban J connectivity index is 1.32. The number of benzene rings is 1. The second-order valence-electron chi connectivity index (χ2n) is 8.51. The number of hydrogen-bond acceptors (Lipinski definition) is 5. The van der Waals surface area contributed by atoms with Gasteiger partial charge in [-0.2, -0.15) is 0 Å². The minimum Gasteiger partial charge on any atom is -0.363 e. The molecule has 2 fully saturated rings. The molecule has 1 aromatic carbocycles. The molecule has 8 heteroatoms. The van der Waals surface area contributed by atoms with Gasteiger partial charge in [0, 0.05) is 67.5 Å². The molecule has 31 heavy (non-hydrogen) atoms. The molecule has 2 aliphatic heterocycles. The molecule has 0 bridgehead atoms. The predicted molar refractivity (Wildman–Crippen MR) is 115 cm³/mol. The van der Waals surface area contributed by atoms with Crippen molar-refractivity contribution in [2.75, 3.05) is 31.1 Å². The number of nitrogens with zero attached hydrogens (tertiary/aromatic N) is 4. The Kier molecular flexibility index (Phi) is 4.89. The molecule has 2 aromatic heterocycles. The van der Waals surface area contributed by atoms with Crippen LogP contribution in [0.25, 0.3) is 10.9 Å². The molecule has 0 radical (unpaired) electrons. The van der Waals surface area contributed by atoms with E-state index >= 15 is 0 Å². The number of hydrogen-bond donors (Lipinski definition) is 1. The molecule has 2 aliphatic rings. The van der Waals surface area contributed by atoms with E-state index in [9.17, 15) is 9.18 Å². The summed E-state index contributed by atoms with van der Waals surface area (Å²) in [7, 11) is 0. The average Bonchev–Trinajstić information content (AvgIpc) is 3.13. The number of fused-ring (bicyclic) bond motifs is 1. The van der Waals surface area contributed by atoms with Crippen molar-refractivity contribution in [3.05, 3.63) is 53.2 Å². The van der Waals surface area contributed by atoms with Gasteiger partial charge in [-0.05, 0) is 43.7 Å². The zero-order valence-electron chi connectivity index (χ0n) is 17.8. The van der Waals surface area contributed by atoms with Gasteiger partial charge in [0.15, 0.2) is 0 Å². The Hall–Kier alpha value is -3.00. The minimum atomic E-state index is -0.801. The molecule has 5 rings (SSSR count). The van der Waals surface area contributed by atoms with Crippen LogP contribution in [0.1, 0.15) is 29.8 Å². The number of H-pyrrole nitrogens is 1. The van der Waals surface area contributed by atoms with Gasteiger partial charge >= 0.3 is 0 Å². The topological polar surface area (TPSA) is 74.3 Å². The molecule has 1 amide bonds. The summed E-state index contributed by atoms with van der Waals surface area (Å²) in [5, 5.41) is 0.815. The molecule has 0 saturated carbocycles. The third kappa shape index (κ3) is 3.65. The van der Waals surface area contributed by atoms with E-state index in [0.29, 0.717) is 51.6 Å². The highest BCUT2D eigenvalue weighted by atomic mass is 19.1. The van der Waals surface area contributed by atoms with Crippen LogP contribution in [0, 0.1) is 19.7 Å². The number of aryl methyl sites for hydroxylation is 2. The van der Waals surface area contributed by atoms with E-state index in [1.165, 1.54) is 12.1 Å². The van der Waals surface area contributed by atoms with Crippen molar-refractivity contribution in [3.63, 3.8) is 0 Å². The van der Waals surface area contributed by atoms with Gasteiger partial charge in [0.25, 0.3) is 5.91 Å². The van der Waals surface area contributed by atoms with Crippen LogP contribution < -0.4 is 4.90 Å². The lowest BCUT2D eigenvalue weighted by Gasteiger charge is -2.46. The summed E-state index contributed by atoms with van der Waals surface area (Å²) in [6.07, 6.45) is 3.06. The first-order chi connectivity index (χ1) is 14.9. The number of carbonyl (C=O) groups excluding carboxylic acids is 1. The van der Waals surface area contributed by atoms with Crippen LogP contribution in [0.15, 0.2) is 30.5 Å². The number of ether oxygens (including phenoxy) is 1. The minimum absolute atomic E-state index is 0.0190. The SMILES string of the molecule is Cc1cc(C)nc(N2CCC3(CC2)OCCN(Cc2c[nH]c4ccc(F)cc24)C3=O)n1. The van der Waals surface area contributed by atoms with E-state index in [1.807, 2.05) is 31.0 Å². The molecule has 1 spiro atoms. The highest BCUT2D eigenvalue weighted by Gasteiger charge is 2.47. The van der Waals surface area contributed by atoms with Crippen molar-refractivity contribution in [2.45, 2.75) is 38.8 Å². The van der Waals surface area contributed by atoms with Gasteiger partial charge < -0.3 is 19.5 Å². The van der Waals surface area contributed by atoms with E-state index in [0.717, 1.165) is 27.9 Å². The van der Waals surface area contributed by atoms with Crippen molar-refractivity contribution in [1.29, 1.82) is 0 Å². The zero-order valence-corrected chi connectivity index (χ0v) is 17.8. The van der Waals surface area contributed by atoms with Crippen molar-refractivity contribution in [2.24, 2.45) is 0 Å². The van der Waals surface area contributed by atoms with Gasteiger partial charge in [-0.1, -0.05) is 0 Å². The number of amides is 1. The number of anilines is 1. The summed E-state index contributed by atoms with van der Waals surface area (Å²) in [5.74, 6) is 0.456. The third-order valence-electron chi connectivity index (χ3n) is 6.33. The third-order valence-corrected chi connectivity index (χ3v) is 6.33. The van der Waals surface area contributed by atoms with Gasteiger partial charge in [-0.15, -0.1) is 0 Å². The molecular weight excluding hydrogens is 397 g/mol. The number of aromatic amines is 1. The number of halogens is 1. The molecular formula is C23H26FN5O2. The Labute approximate surface area is 180 Å². The largest absolute Gasteiger partial charge is 0.363 e. The van der Waals surface area contributed by atoms with Crippen molar-refractivity contribution < 1.29 is 13.9 Å². The number of aromatic nitrogens is 3.